The lowest BCUT2D eigenvalue weighted by molar-refractivity contribution is -0.137. The van der Waals surface area contributed by atoms with E-state index in [0.717, 1.165) is 37.6 Å². The summed E-state index contributed by atoms with van der Waals surface area (Å²) in [7, 11) is 0. The molecule has 0 amide bonds. The molecule has 4 nitrogen and oxygen atoms in total. The minimum Gasteiger partial charge on any atom is -0.385 e. The van der Waals surface area contributed by atoms with Gasteiger partial charge in [0.1, 0.15) is 0 Å². The Kier molecular flexibility index (Phi) is 8.12. The van der Waals surface area contributed by atoms with Crippen molar-refractivity contribution in [2.24, 2.45) is 0 Å². The molecule has 2 aromatic rings. The maximum Gasteiger partial charge on any atom is 0.417 e. The molecule has 2 aliphatic rings. The molecule has 2 heterocycles. The van der Waals surface area contributed by atoms with Crippen LogP contribution in [0.15, 0.2) is 42.5 Å². The van der Waals surface area contributed by atoms with Crippen molar-refractivity contribution in [3.8, 4) is 0 Å². The molecule has 9 heteroatoms. The Morgan fingerprint density at radius 1 is 0.719 bits per heavy atom. The molecule has 0 atom stereocenters. The molecule has 4 rings (SSSR count). The Labute approximate surface area is 195 Å². The largest absolute Gasteiger partial charge is 0.417 e. The van der Waals surface area contributed by atoms with Crippen LogP contribution in [-0.2, 0) is 17.4 Å². The molecule has 0 spiro atoms. The van der Waals surface area contributed by atoms with Gasteiger partial charge < -0.3 is 20.8 Å². The summed E-state index contributed by atoms with van der Waals surface area (Å²) in [6.07, 6.45) is -2.17. The fourth-order valence-corrected chi connectivity index (χ4v) is 4.40. The summed E-state index contributed by atoms with van der Waals surface area (Å²) < 4.78 is 38.2. The third kappa shape index (κ3) is 6.16. The number of nitrogens with one attached hydrogen (secondary N) is 2. The topological polar surface area (TPSA) is 64.5 Å². The van der Waals surface area contributed by atoms with E-state index in [-0.39, 0.29) is 10.6 Å². The van der Waals surface area contributed by atoms with E-state index in [0.29, 0.717) is 31.0 Å². The second-order valence-electron chi connectivity index (χ2n) is 8.26. The standard InChI is InChI=1S/C12H13ClF3NO.C11H14ClNO/c13-10-2-1-8(7-9(10)12(14,15)16)11(18)3-5-17-6-4-11;12-10-3-1-9(2-4-10)11(14)5-7-13-8-6-11/h1-2,7,17-18H,3-6H2;1-4,13-14H,5-8H2. The second-order valence-corrected chi connectivity index (χ2v) is 9.11. The van der Waals surface area contributed by atoms with E-state index in [1.54, 1.807) is 0 Å². The summed E-state index contributed by atoms with van der Waals surface area (Å²) in [5.74, 6) is 0. The van der Waals surface area contributed by atoms with Gasteiger partial charge in [-0.15, -0.1) is 0 Å². The van der Waals surface area contributed by atoms with Crippen LogP contribution in [0.3, 0.4) is 0 Å². The highest BCUT2D eigenvalue weighted by atomic mass is 35.5. The third-order valence-corrected chi connectivity index (χ3v) is 6.63. The molecule has 0 saturated carbocycles. The number of piperidine rings is 2. The maximum atomic E-state index is 12.7. The molecule has 0 aliphatic carbocycles. The average Bonchev–Trinajstić information content (AvgIpc) is 2.75. The molecule has 32 heavy (non-hydrogen) atoms. The molecule has 0 bridgehead atoms. The van der Waals surface area contributed by atoms with E-state index in [4.69, 9.17) is 23.2 Å². The molecule has 4 N–H and O–H groups in total. The van der Waals surface area contributed by atoms with Crippen LogP contribution in [0.4, 0.5) is 13.2 Å². The molecule has 2 saturated heterocycles. The van der Waals surface area contributed by atoms with Crippen LogP contribution in [-0.4, -0.2) is 36.4 Å². The van der Waals surface area contributed by atoms with Crippen molar-refractivity contribution in [3.63, 3.8) is 0 Å². The molecular formula is C23H27Cl2F3N2O2. The number of benzene rings is 2. The maximum absolute atomic E-state index is 12.7. The first-order chi connectivity index (χ1) is 15.0. The Hall–Kier alpha value is -1.35. The van der Waals surface area contributed by atoms with E-state index in [1.165, 1.54) is 12.1 Å². The first kappa shape index (κ1) is 25.3. The van der Waals surface area contributed by atoms with Gasteiger partial charge in [-0.05, 0) is 87.3 Å². The van der Waals surface area contributed by atoms with E-state index in [1.807, 2.05) is 24.3 Å². The Balaban J connectivity index is 0.000000186. The summed E-state index contributed by atoms with van der Waals surface area (Å²) in [5, 5.41) is 27.4. The molecule has 0 aromatic heterocycles. The zero-order chi connectivity index (χ0) is 23.4. The van der Waals surface area contributed by atoms with Crippen molar-refractivity contribution in [3.05, 3.63) is 69.2 Å². The van der Waals surface area contributed by atoms with Crippen LogP contribution in [0, 0.1) is 0 Å². The van der Waals surface area contributed by atoms with Crippen LogP contribution < -0.4 is 10.6 Å². The number of hydrogen-bond donors (Lipinski definition) is 4. The number of halogens is 5. The summed E-state index contributed by atoms with van der Waals surface area (Å²) in [5.41, 5.74) is -1.50. The number of alkyl halides is 3. The minimum atomic E-state index is -4.50. The zero-order valence-corrected chi connectivity index (χ0v) is 19.0. The van der Waals surface area contributed by atoms with Crippen LogP contribution in [0.5, 0.6) is 0 Å². The molecule has 2 aliphatic heterocycles. The van der Waals surface area contributed by atoms with Crippen molar-refractivity contribution in [2.75, 3.05) is 26.2 Å². The van der Waals surface area contributed by atoms with Crippen molar-refractivity contribution < 1.29 is 23.4 Å². The normalized spacial score (nSPS) is 20.2. The van der Waals surface area contributed by atoms with Gasteiger partial charge in [0, 0.05) is 5.02 Å². The van der Waals surface area contributed by atoms with Crippen LogP contribution in [0.2, 0.25) is 10.0 Å². The SMILES string of the molecule is OC1(c2ccc(Cl)c(C(F)(F)F)c2)CCNCC1.OC1(c2ccc(Cl)cc2)CCNCC1. The number of aliphatic hydroxyl groups is 2. The van der Waals surface area contributed by atoms with Gasteiger partial charge in [0.25, 0.3) is 0 Å². The number of rotatable bonds is 2. The van der Waals surface area contributed by atoms with Crippen LogP contribution in [0.1, 0.15) is 42.4 Å². The fraction of sp³-hybridized carbons (Fsp3) is 0.478. The summed E-state index contributed by atoms with van der Waals surface area (Å²) in [6, 6.07) is 11.1. The van der Waals surface area contributed by atoms with Crippen molar-refractivity contribution >= 4 is 23.2 Å². The predicted molar refractivity (Wildman–Crippen MR) is 120 cm³/mol. The van der Waals surface area contributed by atoms with Gasteiger partial charge in [-0.1, -0.05) is 41.4 Å². The Morgan fingerprint density at radius 3 is 1.62 bits per heavy atom. The number of hydrogen-bond acceptors (Lipinski definition) is 4. The van der Waals surface area contributed by atoms with Gasteiger partial charge in [-0.2, -0.15) is 13.2 Å². The lowest BCUT2D eigenvalue weighted by Crippen LogP contribution is -2.39. The van der Waals surface area contributed by atoms with E-state index < -0.39 is 22.9 Å². The quantitative estimate of drug-likeness (QED) is 0.486. The smallest absolute Gasteiger partial charge is 0.385 e. The third-order valence-electron chi connectivity index (χ3n) is 6.05. The Morgan fingerprint density at radius 2 is 1.16 bits per heavy atom. The fourth-order valence-electron chi connectivity index (χ4n) is 4.05. The van der Waals surface area contributed by atoms with Gasteiger partial charge in [-0.3, -0.25) is 0 Å². The zero-order valence-electron chi connectivity index (χ0n) is 17.5. The lowest BCUT2D eigenvalue weighted by Gasteiger charge is -2.33. The minimum absolute atomic E-state index is 0.278. The first-order valence-corrected chi connectivity index (χ1v) is 11.3. The van der Waals surface area contributed by atoms with Crippen LogP contribution >= 0.6 is 23.2 Å². The van der Waals surface area contributed by atoms with E-state index in [9.17, 15) is 23.4 Å². The average molecular weight is 491 g/mol. The second kappa shape index (κ2) is 10.3. The van der Waals surface area contributed by atoms with Gasteiger partial charge in [0.05, 0.1) is 21.8 Å². The van der Waals surface area contributed by atoms with Gasteiger partial charge in [0.15, 0.2) is 0 Å². The van der Waals surface area contributed by atoms with E-state index in [2.05, 4.69) is 10.6 Å². The Bertz CT molecular complexity index is 895. The molecular weight excluding hydrogens is 464 g/mol. The molecule has 2 fully saturated rings. The van der Waals surface area contributed by atoms with E-state index >= 15 is 0 Å². The van der Waals surface area contributed by atoms with Crippen molar-refractivity contribution in [1.82, 2.24) is 10.6 Å². The van der Waals surface area contributed by atoms with Gasteiger partial charge in [-0.25, -0.2) is 0 Å². The molecule has 0 radical (unpaired) electrons. The van der Waals surface area contributed by atoms with Gasteiger partial charge in [0.2, 0.25) is 0 Å². The molecule has 176 valence electrons. The molecule has 2 aromatic carbocycles. The van der Waals surface area contributed by atoms with Crippen molar-refractivity contribution in [1.29, 1.82) is 0 Å². The first-order valence-electron chi connectivity index (χ1n) is 10.5. The molecule has 0 unspecified atom stereocenters. The highest BCUT2D eigenvalue weighted by Gasteiger charge is 2.37. The highest BCUT2D eigenvalue weighted by Crippen LogP contribution is 2.39. The van der Waals surface area contributed by atoms with Crippen LogP contribution in [0.25, 0.3) is 0 Å². The van der Waals surface area contributed by atoms with Crippen molar-refractivity contribution in [2.45, 2.75) is 43.1 Å². The monoisotopic (exact) mass is 490 g/mol. The highest BCUT2D eigenvalue weighted by molar-refractivity contribution is 6.31. The summed E-state index contributed by atoms with van der Waals surface area (Å²) in [6.45, 7) is 2.92. The summed E-state index contributed by atoms with van der Waals surface area (Å²) in [4.78, 5) is 0. The van der Waals surface area contributed by atoms with Gasteiger partial charge >= 0.3 is 6.18 Å². The lowest BCUT2D eigenvalue weighted by atomic mass is 9.84. The summed E-state index contributed by atoms with van der Waals surface area (Å²) >= 11 is 11.4. The predicted octanol–water partition coefficient (Wildman–Crippen LogP) is 4.84.